The third kappa shape index (κ3) is 2.91. The summed E-state index contributed by atoms with van der Waals surface area (Å²) in [5.41, 5.74) is 6.74. The Kier molecular flexibility index (Phi) is 3.29. The van der Waals surface area contributed by atoms with Gasteiger partial charge in [0.25, 0.3) is 0 Å². The van der Waals surface area contributed by atoms with Crippen LogP contribution < -0.4 is 15.2 Å². The first-order valence-electron chi connectivity index (χ1n) is 6.11. The predicted octanol–water partition coefficient (Wildman–Crippen LogP) is 2.68. The summed E-state index contributed by atoms with van der Waals surface area (Å²) < 4.78 is 11.3. The summed E-state index contributed by atoms with van der Waals surface area (Å²) in [5, 5.41) is 0. The van der Waals surface area contributed by atoms with Crippen LogP contribution in [0.1, 0.15) is 32.3 Å². The summed E-state index contributed by atoms with van der Waals surface area (Å²) in [7, 11) is 1.66. The third-order valence-electron chi connectivity index (χ3n) is 3.05. The number of hydrogen-bond donors (Lipinski definition) is 1. The van der Waals surface area contributed by atoms with E-state index in [2.05, 4.69) is 0 Å². The van der Waals surface area contributed by atoms with Crippen molar-refractivity contribution in [1.82, 2.24) is 0 Å². The van der Waals surface area contributed by atoms with Gasteiger partial charge in [0, 0.05) is 11.1 Å². The fraction of sp³-hybridized carbons (Fsp3) is 0.571. The highest BCUT2D eigenvalue weighted by atomic mass is 16.5. The average molecular weight is 235 g/mol. The lowest BCUT2D eigenvalue weighted by Gasteiger charge is -2.24. The summed E-state index contributed by atoms with van der Waals surface area (Å²) >= 11 is 0. The van der Waals surface area contributed by atoms with Crippen LogP contribution in [0.5, 0.6) is 11.5 Å². The van der Waals surface area contributed by atoms with Gasteiger partial charge in [0.15, 0.2) is 11.5 Å². The number of nitrogens with two attached hydrogens (primary N) is 1. The van der Waals surface area contributed by atoms with E-state index in [-0.39, 0.29) is 0 Å². The molecule has 0 aliphatic heterocycles. The van der Waals surface area contributed by atoms with Crippen LogP contribution >= 0.6 is 0 Å². The zero-order chi connectivity index (χ0) is 12.5. The molecule has 3 heteroatoms. The molecule has 0 saturated heterocycles. The molecule has 0 unspecified atom stereocenters. The third-order valence-corrected chi connectivity index (χ3v) is 3.05. The van der Waals surface area contributed by atoms with Gasteiger partial charge < -0.3 is 15.2 Å². The highest BCUT2D eigenvalue weighted by molar-refractivity contribution is 5.49. The zero-order valence-electron chi connectivity index (χ0n) is 10.8. The van der Waals surface area contributed by atoms with Crippen LogP contribution in [0.3, 0.4) is 0 Å². The Morgan fingerprint density at radius 3 is 2.59 bits per heavy atom. The van der Waals surface area contributed by atoms with Gasteiger partial charge in [-0.1, -0.05) is 12.1 Å². The topological polar surface area (TPSA) is 44.5 Å². The van der Waals surface area contributed by atoms with E-state index in [1.54, 1.807) is 7.11 Å². The molecule has 1 aromatic rings. The molecule has 17 heavy (non-hydrogen) atoms. The van der Waals surface area contributed by atoms with Crippen LogP contribution in [-0.2, 0) is 5.54 Å². The maximum atomic E-state index is 6.17. The maximum absolute atomic E-state index is 6.17. The molecule has 0 amide bonds. The van der Waals surface area contributed by atoms with Gasteiger partial charge in [0.2, 0.25) is 0 Å². The number of benzene rings is 1. The SMILES string of the molecule is COc1cccc(C(C)(C)N)c1OCC1CC1. The monoisotopic (exact) mass is 235 g/mol. The Balaban J connectivity index is 2.28. The molecular formula is C14H21NO2. The van der Waals surface area contributed by atoms with Gasteiger partial charge in [-0.25, -0.2) is 0 Å². The standard InChI is InChI=1S/C14H21NO2/c1-14(2,15)11-5-4-6-12(16-3)13(11)17-9-10-7-8-10/h4-6,10H,7-9,15H2,1-3H3. The first-order chi connectivity index (χ1) is 8.02. The van der Waals surface area contributed by atoms with Gasteiger partial charge >= 0.3 is 0 Å². The molecule has 0 aromatic heterocycles. The van der Waals surface area contributed by atoms with Crippen LogP contribution in [0.25, 0.3) is 0 Å². The Bertz CT molecular complexity index is 392. The average Bonchev–Trinajstić information content (AvgIpc) is 3.08. The van der Waals surface area contributed by atoms with Crippen molar-refractivity contribution in [3.63, 3.8) is 0 Å². The number of hydrogen-bond acceptors (Lipinski definition) is 3. The molecule has 1 aliphatic carbocycles. The number of ether oxygens (including phenoxy) is 2. The Hall–Kier alpha value is -1.22. The van der Waals surface area contributed by atoms with Crippen LogP contribution in [0, 0.1) is 5.92 Å². The van der Waals surface area contributed by atoms with E-state index in [4.69, 9.17) is 15.2 Å². The van der Waals surface area contributed by atoms with Crippen molar-refractivity contribution in [1.29, 1.82) is 0 Å². The van der Waals surface area contributed by atoms with Gasteiger partial charge in [0.05, 0.1) is 13.7 Å². The van der Waals surface area contributed by atoms with E-state index in [0.717, 1.165) is 23.7 Å². The zero-order valence-corrected chi connectivity index (χ0v) is 10.8. The van der Waals surface area contributed by atoms with Crippen molar-refractivity contribution in [2.24, 2.45) is 11.7 Å². The van der Waals surface area contributed by atoms with Crippen LogP contribution in [0.2, 0.25) is 0 Å². The molecule has 94 valence electrons. The minimum Gasteiger partial charge on any atom is -0.493 e. The normalized spacial score (nSPS) is 15.8. The van der Waals surface area contributed by atoms with Crippen molar-refractivity contribution < 1.29 is 9.47 Å². The van der Waals surface area contributed by atoms with Gasteiger partial charge in [-0.3, -0.25) is 0 Å². The molecule has 3 nitrogen and oxygen atoms in total. The highest BCUT2D eigenvalue weighted by Gasteiger charge is 2.26. The molecule has 0 atom stereocenters. The van der Waals surface area contributed by atoms with Gasteiger partial charge in [0.1, 0.15) is 0 Å². The molecular weight excluding hydrogens is 214 g/mol. The lowest BCUT2D eigenvalue weighted by Crippen LogP contribution is -2.29. The highest BCUT2D eigenvalue weighted by Crippen LogP contribution is 2.38. The van der Waals surface area contributed by atoms with Crippen LogP contribution in [0.15, 0.2) is 18.2 Å². The Morgan fingerprint density at radius 2 is 2.06 bits per heavy atom. The van der Waals surface area contributed by atoms with E-state index >= 15 is 0 Å². The first-order valence-corrected chi connectivity index (χ1v) is 6.11. The summed E-state index contributed by atoms with van der Waals surface area (Å²) in [4.78, 5) is 0. The fourth-order valence-corrected chi connectivity index (χ4v) is 1.82. The second-order valence-corrected chi connectivity index (χ2v) is 5.31. The van der Waals surface area contributed by atoms with Crippen molar-refractivity contribution in [2.75, 3.05) is 13.7 Å². The summed E-state index contributed by atoms with van der Waals surface area (Å²) in [6.07, 6.45) is 2.55. The molecule has 1 aliphatic rings. The predicted molar refractivity (Wildman–Crippen MR) is 68.4 cm³/mol. The lowest BCUT2D eigenvalue weighted by atomic mass is 9.94. The summed E-state index contributed by atoms with van der Waals surface area (Å²) in [5.74, 6) is 2.28. The summed E-state index contributed by atoms with van der Waals surface area (Å²) in [6.45, 7) is 4.72. The van der Waals surface area contributed by atoms with Crippen molar-refractivity contribution in [3.05, 3.63) is 23.8 Å². The molecule has 2 N–H and O–H groups in total. The fourth-order valence-electron chi connectivity index (χ4n) is 1.82. The minimum absolute atomic E-state index is 0.423. The van der Waals surface area contributed by atoms with Crippen molar-refractivity contribution in [2.45, 2.75) is 32.2 Å². The first kappa shape index (κ1) is 12.2. The number of methoxy groups -OCH3 is 1. The smallest absolute Gasteiger partial charge is 0.166 e. The molecule has 1 aromatic carbocycles. The Labute approximate surface area is 103 Å². The lowest BCUT2D eigenvalue weighted by molar-refractivity contribution is 0.272. The minimum atomic E-state index is -0.423. The van der Waals surface area contributed by atoms with Gasteiger partial charge in [-0.2, -0.15) is 0 Å². The molecule has 1 saturated carbocycles. The number of para-hydroxylation sites is 1. The molecule has 2 rings (SSSR count). The van der Waals surface area contributed by atoms with Crippen molar-refractivity contribution in [3.8, 4) is 11.5 Å². The van der Waals surface area contributed by atoms with E-state index in [1.165, 1.54) is 12.8 Å². The largest absolute Gasteiger partial charge is 0.493 e. The second kappa shape index (κ2) is 4.57. The molecule has 0 spiro atoms. The number of rotatable bonds is 5. The molecule has 1 fully saturated rings. The van der Waals surface area contributed by atoms with E-state index in [9.17, 15) is 0 Å². The van der Waals surface area contributed by atoms with E-state index in [1.807, 2.05) is 32.0 Å². The van der Waals surface area contributed by atoms with Crippen LogP contribution in [-0.4, -0.2) is 13.7 Å². The molecule has 0 radical (unpaired) electrons. The van der Waals surface area contributed by atoms with Gasteiger partial charge in [-0.15, -0.1) is 0 Å². The quantitative estimate of drug-likeness (QED) is 0.853. The van der Waals surface area contributed by atoms with Crippen LogP contribution in [0.4, 0.5) is 0 Å². The second-order valence-electron chi connectivity index (χ2n) is 5.31. The maximum Gasteiger partial charge on any atom is 0.166 e. The Morgan fingerprint density at radius 1 is 1.35 bits per heavy atom. The van der Waals surface area contributed by atoms with Gasteiger partial charge in [-0.05, 0) is 38.7 Å². The van der Waals surface area contributed by atoms with E-state index < -0.39 is 5.54 Å². The molecule has 0 bridgehead atoms. The van der Waals surface area contributed by atoms with Crippen molar-refractivity contribution >= 4 is 0 Å². The summed E-state index contributed by atoms with van der Waals surface area (Å²) in [6, 6.07) is 5.87. The van der Waals surface area contributed by atoms with E-state index in [0.29, 0.717) is 5.92 Å². The molecule has 0 heterocycles.